The molecule has 30 heavy (non-hydrogen) atoms. The topological polar surface area (TPSA) is 59.0 Å². The van der Waals surface area contributed by atoms with E-state index in [4.69, 9.17) is 4.74 Å². The van der Waals surface area contributed by atoms with Crippen molar-refractivity contribution in [3.05, 3.63) is 94.0 Å². The molecule has 7 heteroatoms. The van der Waals surface area contributed by atoms with Crippen LogP contribution in [0.15, 0.2) is 87.3 Å². The molecular formula is C23H21BrN2O3S. The second-order valence-corrected chi connectivity index (χ2v) is 9.85. The number of hydrogen-bond acceptors (Lipinski definition) is 4. The van der Waals surface area contributed by atoms with Gasteiger partial charge in [0.15, 0.2) is 0 Å². The molecule has 0 bridgehead atoms. The maximum atomic E-state index is 13.5. The van der Waals surface area contributed by atoms with Crippen LogP contribution in [0.3, 0.4) is 0 Å². The molecule has 154 valence electrons. The van der Waals surface area contributed by atoms with Gasteiger partial charge in [0.05, 0.1) is 23.8 Å². The van der Waals surface area contributed by atoms with Crippen molar-refractivity contribution in [1.82, 2.24) is 4.41 Å². The summed E-state index contributed by atoms with van der Waals surface area (Å²) in [6.45, 7) is 1.93. The monoisotopic (exact) mass is 484 g/mol. The van der Waals surface area contributed by atoms with Crippen LogP contribution in [0.2, 0.25) is 0 Å². The van der Waals surface area contributed by atoms with Gasteiger partial charge in [0, 0.05) is 10.9 Å². The lowest BCUT2D eigenvalue weighted by atomic mass is 9.99. The van der Waals surface area contributed by atoms with Crippen molar-refractivity contribution in [3.8, 4) is 5.75 Å². The molecule has 0 spiro atoms. The summed E-state index contributed by atoms with van der Waals surface area (Å²) in [5.74, 6) is 0.721. The molecule has 5 nitrogen and oxygen atoms in total. The van der Waals surface area contributed by atoms with Crippen molar-refractivity contribution < 1.29 is 13.2 Å². The van der Waals surface area contributed by atoms with Crippen LogP contribution in [0.1, 0.15) is 29.2 Å². The lowest BCUT2D eigenvalue weighted by Crippen LogP contribution is -2.27. The summed E-state index contributed by atoms with van der Waals surface area (Å²) >= 11 is 3.44. The first-order valence-electron chi connectivity index (χ1n) is 9.47. The van der Waals surface area contributed by atoms with E-state index in [1.807, 2.05) is 55.5 Å². The third-order valence-electron chi connectivity index (χ3n) is 5.12. The molecule has 0 amide bonds. The van der Waals surface area contributed by atoms with Crippen molar-refractivity contribution in [1.29, 1.82) is 0 Å². The van der Waals surface area contributed by atoms with Crippen molar-refractivity contribution in [2.75, 3.05) is 7.11 Å². The standard InChI is InChI=1S/C23H21BrN2O3S/c1-16-3-13-21(14-4-16)30(27,28)26-23(18-7-11-20(29-2)12-8-18)15-22(25-26)17-5-9-19(24)10-6-17/h3-14,23H,15H2,1-2H3/t23-/m1/s1. The zero-order valence-electron chi connectivity index (χ0n) is 16.6. The fourth-order valence-electron chi connectivity index (χ4n) is 3.42. The molecule has 0 aromatic heterocycles. The average Bonchev–Trinajstić information content (AvgIpc) is 3.21. The highest BCUT2D eigenvalue weighted by molar-refractivity contribution is 9.10. The van der Waals surface area contributed by atoms with Crippen LogP contribution < -0.4 is 4.74 Å². The Morgan fingerprint density at radius 3 is 2.20 bits per heavy atom. The number of methoxy groups -OCH3 is 1. The summed E-state index contributed by atoms with van der Waals surface area (Å²) < 4.78 is 34.4. The maximum Gasteiger partial charge on any atom is 0.279 e. The van der Waals surface area contributed by atoms with Crippen LogP contribution in [-0.2, 0) is 10.0 Å². The molecule has 0 N–H and O–H groups in total. The first-order valence-corrected chi connectivity index (χ1v) is 11.7. The van der Waals surface area contributed by atoms with Crippen LogP contribution in [0, 0.1) is 6.92 Å². The summed E-state index contributed by atoms with van der Waals surface area (Å²) in [5, 5.41) is 4.57. The molecule has 1 heterocycles. The quantitative estimate of drug-likeness (QED) is 0.493. The molecule has 1 aliphatic rings. The molecule has 0 unspecified atom stereocenters. The molecule has 0 saturated heterocycles. The largest absolute Gasteiger partial charge is 0.497 e. The van der Waals surface area contributed by atoms with E-state index in [9.17, 15) is 8.42 Å². The van der Waals surface area contributed by atoms with Gasteiger partial charge < -0.3 is 4.74 Å². The molecule has 4 rings (SSSR count). The Morgan fingerprint density at radius 1 is 0.967 bits per heavy atom. The summed E-state index contributed by atoms with van der Waals surface area (Å²) in [7, 11) is -2.21. The van der Waals surface area contributed by atoms with Gasteiger partial charge in [0.2, 0.25) is 0 Å². The summed E-state index contributed by atoms with van der Waals surface area (Å²) in [6.07, 6.45) is 0.485. The highest BCUT2D eigenvalue weighted by Gasteiger charge is 2.37. The van der Waals surface area contributed by atoms with Crippen LogP contribution >= 0.6 is 15.9 Å². The van der Waals surface area contributed by atoms with E-state index in [1.54, 1.807) is 31.4 Å². The Bertz CT molecular complexity index is 1170. The van der Waals surface area contributed by atoms with Gasteiger partial charge in [0.1, 0.15) is 5.75 Å². The molecule has 3 aromatic rings. The number of rotatable bonds is 5. The van der Waals surface area contributed by atoms with Crippen LogP contribution in [0.4, 0.5) is 0 Å². The minimum Gasteiger partial charge on any atom is -0.497 e. The number of hydrogen-bond donors (Lipinski definition) is 0. The van der Waals surface area contributed by atoms with E-state index in [-0.39, 0.29) is 4.90 Å². The van der Waals surface area contributed by atoms with Gasteiger partial charge in [-0.15, -0.1) is 0 Å². The van der Waals surface area contributed by atoms with E-state index < -0.39 is 16.1 Å². The Balaban J connectivity index is 1.78. The highest BCUT2D eigenvalue weighted by Crippen LogP contribution is 2.37. The van der Waals surface area contributed by atoms with Gasteiger partial charge in [-0.05, 0) is 54.4 Å². The molecular weight excluding hydrogens is 464 g/mol. The Hall–Kier alpha value is -2.64. The number of aryl methyl sites for hydroxylation is 1. The number of ether oxygens (including phenoxy) is 1. The van der Waals surface area contributed by atoms with Gasteiger partial charge >= 0.3 is 0 Å². The zero-order chi connectivity index (χ0) is 21.3. The molecule has 1 atom stereocenters. The lowest BCUT2D eigenvalue weighted by Gasteiger charge is -2.23. The molecule has 0 radical (unpaired) electrons. The third-order valence-corrected chi connectivity index (χ3v) is 7.34. The summed E-state index contributed by atoms with van der Waals surface area (Å²) in [5.41, 5.74) is 3.50. The average molecular weight is 485 g/mol. The normalized spacial score (nSPS) is 16.4. The van der Waals surface area contributed by atoms with Crippen LogP contribution in [0.5, 0.6) is 5.75 Å². The number of sulfonamides is 1. The third kappa shape index (κ3) is 4.00. The second-order valence-electron chi connectivity index (χ2n) is 7.14. The van der Waals surface area contributed by atoms with Crippen molar-refractivity contribution >= 4 is 31.7 Å². The lowest BCUT2D eigenvalue weighted by molar-refractivity contribution is 0.370. The fourth-order valence-corrected chi connectivity index (χ4v) is 5.12. The van der Waals surface area contributed by atoms with E-state index in [2.05, 4.69) is 21.0 Å². The number of halogens is 1. The second kappa shape index (κ2) is 8.24. The first kappa shape index (κ1) is 20.6. The Morgan fingerprint density at radius 2 is 1.60 bits per heavy atom. The first-order chi connectivity index (χ1) is 14.4. The SMILES string of the molecule is COc1ccc([C@H]2CC(c3ccc(Br)cc3)=NN2S(=O)(=O)c2ccc(C)cc2)cc1. The van der Waals surface area contributed by atoms with E-state index >= 15 is 0 Å². The smallest absolute Gasteiger partial charge is 0.279 e. The van der Waals surface area contributed by atoms with Crippen LogP contribution in [0.25, 0.3) is 0 Å². The number of nitrogens with zero attached hydrogens (tertiary/aromatic N) is 2. The van der Waals surface area contributed by atoms with Gasteiger partial charge in [-0.2, -0.15) is 17.9 Å². The summed E-state index contributed by atoms with van der Waals surface area (Å²) in [6, 6.07) is 21.6. The van der Waals surface area contributed by atoms with Crippen molar-refractivity contribution in [3.63, 3.8) is 0 Å². The zero-order valence-corrected chi connectivity index (χ0v) is 19.0. The summed E-state index contributed by atoms with van der Waals surface area (Å²) in [4.78, 5) is 0.229. The van der Waals surface area contributed by atoms with E-state index in [0.717, 1.165) is 32.6 Å². The van der Waals surface area contributed by atoms with E-state index in [0.29, 0.717) is 6.42 Å². The minimum atomic E-state index is -3.81. The van der Waals surface area contributed by atoms with Gasteiger partial charge in [-0.1, -0.05) is 57.9 Å². The minimum absolute atomic E-state index is 0.229. The predicted octanol–water partition coefficient (Wildman–Crippen LogP) is 5.31. The molecule has 0 saturated carbocycles. The predicted molar refractivity (Wildman–Crippen MR) is 121 cm³/mol. The van der Waals surface area contributed by atoms with Gasteiger partial charge in [0.25, 0.3) is 10.0 Å². The molecule has 1 aliphatic heterocycles. The van der Waals surface area contributed by atoms with Crippen molar-refractivity contribution in [2.45, 2.75) is 24.3 Å². The highest BCUT2D eigenvalue weighted by atomic mass is 79.9. The number of hydrazone groups is 1. The fraction of sp³-hybridized carbons (Fsp3) is 0.174. The molecule has 3 aromatic carbocycles. The van der Waals surface area contributed by atoms with Gasteiger partial charge in [-0.25, -0.2) is 0 Å². The Kier molecular flexibility index (Phi) is 5.66. The molecule has 0 aliphatic carbocycles. The van der Waals surface area contributed by atoms with Crippen molar-refractivity contribution in [2.24, 2.45) is 5.10 Å². The maximum absolute atomic E-state index is 13.5. The van der Waals surface area contributed by atoms with Crippen LogP contribution in [-0.4, -0.2) is 25.7 Å². The number of benzene rings is 3. The Labute approximate surface area is 185 Å². The van der Waals surface area contributed by atoms with E-state index in [1.165, 1.54) is 4.41 Å². The molecule has 0 fully saturated rings. The van der Waals surface area contributed by atoms with Gasteiger partial charge in [-0.3, -0.25) is 0 Å².